The molecule has 5 rings (SSSR count). The molecule has 18 heavy (non-hydrogen) atoms. The van der Waals surface area contributed by atoms with Crippen LogP contribution in [-0.2, 0) is 4.74 Å². The Hall–Kier alpha value is -0.0800. The molecule has 1 N–H and O–H groups in total. The fourth-order valence-electron chi connectivity index (χ4n) is 5.50. The van der Waals surface area contributed by atoms with Crippen LogP contribution in [0.25, 0.3) is 0 Å². The normalized spacial score (nSPS) is 50.0. The van der Waals surface area contributed by atoms with E-state index in [9.17, 15) is 0 Å². The van der Waals surface area contributed by atoms with E-state index in [2.05, 4.69) is 5.32 Å². The van der Waals surface area contributed by atoms with E-state index < -0.39 is 0 Å². The lowest BCUT2D eigenvalue weighted by Gasteiger charge is -2.54. The quantitative estimate of drug-likeness (QED) is 0.827. The molecule has 1 aliphatic heterocycles. The van der Waals surface area contributed by atoms with Crippen molar-refractivity contribution < 1.29 is 4.74 Å². The molecule has 4 aliphatic carbocycles. The van der Waals surface area contributed by atoms with Gasteiger partial charge in [-0.15, -0.1) is 0 Å². The maximum atomic E-state index is 6.34. The van der Waals surface area contributed by atoms with Crippen molar-refractivity contribution in [1.82, 2.24) is 5.32 Å². The van der Waals surface area contributed by atoms with Crippen LogP contribution in [0.3, 0.4) is 0 Å². The van der Waals surface area contributed by atoms with Gasteiger partial charge < -0.3 is 10.1 Å². The van der Waals surface area contributed by atoms with Gasteiger partial charge in [-0.05, 0) is 81.6 Å². The highest BCUT2D eigenvalue weighted by atomic mass is 16.5. The number of hydrogen-bond acceptors (Lipinski definition) is 2. The summed E-state index contributed by atoms with van der Waals surface area (Å²) in [7, 11) is 0. The molecule has 1 unspecified atom stereocenters. The summed E-state index contributed by atoms with van der Waals surface area (Å²) in [5.74, 6) is 4.00. The lowest BCUT2D eigenvalue weighted by Crippen LogP contribution is -2.49. The van der Waals surface area contributed by atoms with Gasteiger partial charge in [0.15, 0.2) is 0 Å². The van der Waals surface area contributed by atoms with Crippen LogP contribution in [-0.4, -0.2) is 25.3 Å². The van der Waals surface area contributed by atoms with Gasteiger partial charge in [0, 0.05) is 12.6 Å². The van der Waals surface area contributed by atoms with Crippen molar-refractivity contribution in [3.63, 3.8) is 0 Å². The fraction of sp³-hybridized carbons (Fsp3) is 1.00. The average molecular weight is 249 g/mol. The lowest BCUT2D eigenvalue weighted by molar-refractivity contribution is -0.127. The molecule has 0 aromatic carbocycles. The average Bonchev–Trinajstić information content (AvgIpc) is 2.85. The molecule has 1 atom stereocenters. The molecule has 0 aromatic heterocycles. The van der Waals surface area contributed by atoms with Gasteiger partial charge in [-0.2, -0.15) is 0 Å². The van der Waals surface area contributed by atoms with Crippen LogP contribution in [0.2, 0.25) is 0 Å². The monoisotopic (exact) mass is 249 g/mol. The second-order valence-corrected chi connectivity index (χ2v) is 7.35. The number of hydrogen-bond donors (Lipinski definition) is 1. The van der Waals surface area contributed by atoms with Crippen LogP contribution in [0.15, 0.2) is 0 Å². The number of rotatable bonds is 4. The molecule has 2 heteroatoms. The van der Waals surface area contributed by atoms with Crippen molar-refractivity contribution >= 4 is 0 Å². The SMILES string of the molecule is C1CNC(CCOC2C3CC4CC(C3)CC2C4)C1. The minimum atomic E-state index is 0.638. The predicted molar refractivity (Wildman–Crippen MR) is 72.4 cm³/mol. The molecule has 102 valence electrons. The Kier molecular flexibility index (Phi) is 3.12. The largest absolute Gasteiger partial charge is 0.378 e. The molecule has 1 saturated heterocycles. The predicted octanol–water partition coefficient (Wildman–Crippen LogP) is 2.97. The highest BCUT2D eigenvalue weighted by molar-refractivity contribution is 4.99. The van der Waals surface area contributed by atoms with Gasteiger partial charge in [0.25, 0.3) is 0 Å². The van der Waals surface area contributed by atoms with Crippen molar-refractivity contribution in [3.8, 4) is 0 Å². The van der Waals surface area contributed by atoms with Crippen LogP contribution < -0.4 is 5.32 Å². The lowest BCUT2D eigenvalue weighted by atomic mass is 9.55. The van der Waals surface area contributed by atoms with Crippen LogP contribution in [0, 0.1) is 23.7 Å². The van der Waals surface area contributed by atoms with Gasteiger partial charge in [0.05, 0.1) is 6.10 Å². The minimum Gasteiger partial charge on any atom is -0.378 e. The second-order valence-electron chi connectivity index (χ2n) is 7.35. The van der Waals surface area contributed by atoms with Gasteiger partial charge in [0.2, 0.25) is 0 Å². The Morgan fingerprint density at radius 2 is 1.67 bits per heavy atom. The highest BCUT2D eigenvalue weighted by Gasteiger charge is 2.48. The van der Waals surface area contributed by atoms with Gasteiger partial charge in [-0.3, -0.25) is 0 Å². The summed E-state index contributed by atoms with van der Waals surface area (Å²) < 4.78 is 6.34. The molecule has 4 bridgehead atoms. The van der Waals surface area contributed by atoms with Crippen molar-refractivity contribution in [2.24, 2.45) is 23.7 Å². The Balaban J connectivity index is 1.29. The molecule has 4 saturated carbocycles. The molecule has 0 spiro atoms. The fourth-order valence-corrected chi connectivity index (χ4v) is 5.50. The summed E-state index contributed by atoms with van der Waals surface area (Å²) in [4.78, 5) is 0. The van der Waals surface area contributed by atoms with Crippen LogP contribution in [0.4, 0.5) is 0 Å². The molecule has 5 fully saturated rings. The molecule has 0 aromatic rings. The highest BCUT2D eigenvalue weighted by Crippen LogP contribution is 2.54. The van der Waals surface area contributed by atoms with Crippen molar-refractivity contribution in [2.75, 3.05) is 13.2 Å². The van der Waals surface area contributed by atoms with E-state index in [-0.39, 0.29) is 0 Å². The van der Waals surface area contributed by atoms with Gasteiger partial charge >= 0.3 is 0 Å². The first kappa shape index (κ1) is 11.7. The zero-order chi connectivity index (χ0) is 11.9. The summed E-state index contributed by atoms with van der Waals surface area (Å²) >= 11 is 0. The van der Waals surface area contributed by atoms with Crippen molar-refractivity contribution in [2.45, 2.75) is 63.5 Å². The van der Waals surface area contributed by atoms with Crippen molar-refractivity contribution in [3.05, 3.63) is 0 Å². The Morgan fingerprint density at radius 1 is 0.944 bits per heavy atom. The van der Waals surface area contributed by atoms with E-state index in [0.29, 0.717) is 6.10 Å². The van der Waals surface area contributed by atoms with Crippen molar-refractivity contribution in [1.29, 1.82) is 0 Å². The topological polar surface area (TPSA) is 21.3 Å². The van der Waals surface area contributed by atoms with E-state index in [0.717, 1.165) is 36.3 Å². The molecule has 0 radical (unpaired) electrons. The smallest absolute Gasteiger partial charge is 0.0631 e. The molecule has 0 amide bonds. The van der Waals surface area contributed by atoms with E-state index >= 15 is 0 Å². The van der Waals surface area contributed by atoms with E-state index in [1.54, 1.807) is 6.42 Å². The number of ether oxygens (including phenoxy) is 1. The first-order valence-corrected chi connectivity index (χ1v) is 8.23. The van der Waals surface area contributed by atoms with Gasteiger partial charge in [-0.25, -0.2) is 0 Å². The Labute approximate surface area is 111 Å². The minimum absolute atomic E-state index is 0.638. The maximum absolute atomic E-state index is 6.34. The second kappa shape index (κ2) is 4.79. The molecule has 2 nitrogen and oxygen atoms in total. The zero-order valence-corrected chi connectivity index (χ0v) is 11.4. The summed E-state index contributed by atoms with van der Waals surface area (Å²) in [6.07, 6.45) is 12.1. The van der Waals surface area contributed by atoms with E-state index in [1.165, 1.54) is 51.5 Å². The summed E-state index contributed by atoms with van der Waals surface area (Å²) in [6.45, 7) is 2.23. The molecular formula is C16H27NO. The van der Waals surface area contributed by atoms with E-state index in [4.69, 9.17) is 4.74 Å². The van der Waals surface area contributed by atoms with Crippen LogP contribution >= 0.6 is 0 Å². The maximum Gasteiger partial charge on any atom is 0.0631 e. The Morgan fingerprint density at radius 3 is 2.28 bits per heavy atom. The zero-order valence-electron chi connectivity index (χ0n) is 11.4. The summed E-state index contributed by atoms with van der Waals surface area (Å²) in [6, 6.07) is 0.752. The Bertz CT molecular complexity index is 269. The molecule has 5 aliphatic rings. The van der Waals surface area contributed by atoms with Crippen LogP contribution in [0.1, 0.15) is 51.4 Å². The molecular weight excluding hydrogens is 222 g/mol. The summed E-state index contributed by atoms with van der Waals surface area (Å²) in [5.41, 5.74) is 0. The number of nitrogens with one attached hydrogen (secondary N) is 1. The third-order valence-corrected chi connectivity index (χ3v) is 6.08. The van der Waals surface area contributed by atoms with E-state index in [1.807, 2.05) is 0 Å². The first-order valence-electron chi connectivity index (χ1n) is 8.23. The third kappa shape index (κ3) is 2.12. The summed E-state index contributed by atoms with van der Waals surface area (Å²) in [5, 5.41) is 3.58. The molecule has 1 heterocycles. The van der Waals surface area contributed by atoms with Crippen LogP contribution in [0.5, 0.6) is 0 Å². The van der Waals surface area contributed by atoms with Gasteiger partial charge in [0.1, 0.15) is 0 Å². The first-order chi connectivity index (χ1) is 8.88. The van der Waals surface area contributed by atoms with Gasteiger partial charge in [-0.1, -0.05) is 0 Å². The standard InChI is InChI=1S/C16H27NO/c1-2-15(17-4-1)3-5-18-16-13-7-11-6-12(9-13)10-14(16)8-11/h11-17H,1-10H2. The third-order valence-electron chi connectivity index (χ3n) is 6.08.